The van der Waals surface area contributed by atoms with E-state index in [9.17, 15) is 10.1 Å². The van der Waals surface area contributed by atoms with Crippen molar-refractivity contribution in [3.05, 3.63) is 50.8 Å². The van der Waals surface area contributed by atoms with Gasteiger partial charge in [0.2, 0.25) is 4.96 Å². The standard InChI is InChI=1S/C15H15N5O2S/c1-15(2,3)13-16-17-14-19(13)18-12(23-14)9-6-10-4-7-11(8-5-10)20(21)22/h4-9H,1-3H3/b9-6+. The predicted octanol–water partition coefficient (Wildman–Crippen LogP) is 3.56. The van der Waals surface area contributed by atoms with E-state index in [2.05, 4.69) is 36.1 Å². The molecule has 0 spiro atoms. The third-order valence-corrected chi connectivity index (χ3v) is 4.06. The van der Waals surface area contributed by atoms with Crippen molar-refractivity contribution in [1.29, 1.82) is 0 Å². The zero-order chi connectivity index (χ0) is 16.6. The minimum absolute atomic E-state index is 0.0794. The molecule has 3 rings (SSSR count). The Kier molecular flexibility index (Phi) is 3.69. The van der Waals surface area contributed by atoms with Crippen molar-refractivity contribution in [2.45, 2.75) is 26.2 Å². The summed E-state index contributed by atoms with van der Waals surface area (Å²) in [6, 6.07) is 6.37. The maximum Gasteiger partial charge on any atom is 0.269 e. The molecule has 0 atom stereocenters. The molecule has 0 saturated carbocycles. The lowest BCUT2D eigenvalue weighted by Gasteiger charge is -2.13. The first-order valence-electron chi connectivity index (χ1n) is 7.00. The van der Waals surface area contributed by atoms with Gasteiger partial charge in [0.25, 0.3) is 5.69 Å². The molecule has 0 radical (unpaired) electrons. The quantitative estimate of drug-likeness (QED) is 0.541. The fourth-order valence-corrected chi connectivity index (χ4v) is 2.78. The second-order valence-corrected chi connectivity index (χ2v) is 7.08. The van der Waals surface area contributed by atoms with Crippen LogP contribution in [0.3, 0.4) is 0 Å². The Hall–Kier alpha value is -2.61. The van der Waals surface area contributed by atoms with Gasteiger partial charge in [0.15, 0.2) is 5.82 Å². The molecule has 0 aliphatic heterocycles. The highest BCUT2D eigenvalue weighted by Crippen LogP contribution is 2.24. The lowest BCUT2D eigenvalue weighted by Crippen LogP contribution is -2.16. The minimum atomic E-state index is -0.412. The second-order valence-electron chi connectivity index (χ2n) is 6.09. The smallest absolute Gasteiger partial charge is 0.258 e. The van der Waals surface area contributed by atoms with Gasteiger partial charge in [-0.15, -0.1) is 10.2 Å². The summed E-state index contributed by atoms with van der Waals surface area (Å²) in [5.74, 6) is 0.818. The number of nitrogens with zero attached hydrogens (tertiary/aromatic N) is 5. The summed E-state index contributed by atoms with van der Waals surface area (Å²) in [7, 11) is 0. The van der Waals surface area contributed by atoms with Gasteiger partial charge in [0.1, 0.15) is 5.01 Å². The van der Waals surface area contributed by atoms with Crippen LogP contribution in [-0.4, -0.2) is 24.7 Å². The minimum Gasteiger partial charge on any atom is -0.258 e. The molecule has 2 aromatic heterocycles. The van der Waals surface area contributed by atoms with Crippen LogP contribution in [0, 0.1) is 10.1 Å². The Morgan fingerprint density at radius 3 is 2.48 bits per heavy atom. The zero-order valence-corrected chi connectivity index (χ0v) is 13.7. The summed E-state index contributed by atoms with van der Waals surface area (Å²) >= 11 is 1.44. The number of nitro groups is 1. The molecule has 118 valence electrons. The molecule has 7 nitrogen and oxygen atoms in total. The highest BCUT2D eigenvalue weighted by Gasteiger charge is 2.22. The summed E-state index contributed by atoms with van der Waals surface area (Å²) in [6.07, 6.45) is 3.74. The number of hydrogen-bond donors (Lipinski definition) is 0. The molecule has 0 N–H and O–H groups in total. The summed E-state index contributed by atoms with van der Waals surface area (Å²) in [5, 5.41) is 24.3. The van der Waals surface area contributed by atoms with Gasteiger partial charge >= 0.3 is 0 Å². The summed E-state index contributed by atoms with van der Waals surface area (Å²) in [6.45, 7) is 6.19. The van der Waals surface area contributed by atoms with Crippen LogP contribution in [0.5, 0.6) is 0 Å². The number of benzene rings is 1. The number of non-ortho nitro benzene ring substituents is 1. The van der Waals surface area contributed by atoms with E-state index in [0.717, 1.165) is 21.4 Å². The molecule has 0 unspecified atom stereocenters. The van der Waals surface area contributed by atoms with E-state index < -0.39 is 4.92 Å². The van der Waals surface area contributed by atoms with Crippen molar-refractivity contribution >= 4 is 34.1 Å². The van der Waals surface area contributed by atoms with Crippen LogP contribution in [-0.2, 0) is 5.41 Å². The highest BCUT2D eigenvalue weighted by atomic mass is 32.1. The van der Waals surface area contributed by atoms with Gasteiger partial charge in [-0.25, -0.2) is 0 Å². The molecule has 0 fully saturated rings. The third kappa shape index (κ3) is 3.11. The Morgan fingerprint density at radius 2 is 1.87 bits per heavy atom. The second kappa shape index (κ2) is 5.54. The molecule has 8 heteroatoms. The summed E-state index contributed by atoms with van der Waals surface area (Å²) in [5.41, 5.74) is 0.820. The van der Waals surface area contributed by atoms with Crippen LogP contribution in [0.4, 0.5) is 5.69 Å². The van der Waals surface area contributed by atoms with Crippen molar-refractivity contribution in [2.75, 3.05) is 0 Å². The summed E-state index contributed by atoms with van der Waals surface area (Å²) < 4.78 is 1.76. The molecule has 1 aromatic carbocycles. The lowest BCUT2D eigenvalue weighted by atomic mass is 9.96. The van der Waals surface area contributed by atoms with Crippen LogP contribution in [0.1, 0.15) is 37.2 Å². The van der Waals surface area contributed by atoms with Crippen LogP contribution >= 0.6 is 11.3 Å². The van der Waals surface area contributed by atoms with Gasteiger partial charge in [0.05, 0.1) is 4.92 Å². The Bertz CT molecular complexity index is 887. The predicted molar refractivity (Wildman–Crippen MR) is 89.4 cm³/mol. The number of fused-ring (bicyclic) bond motifs is 1. The van der Waals surface area contributed by atoms with E-state index in [1.54, 1.807) is 16.6 Å². The van der Waals surface area contributed by atoms with Crippen LogP contribution in [0.15, 0.2) is 24.3 Å². The molecular weight excluding hydrogens is 314 g/mol. The number of rotatable bonds is 3. The fourth-order valence-electron chi connectivity index (χ4n) is 2.04. The van der Waals surface area contributed by atoms with Crippen LogP contribution in [0.25, 0.3) is 17.1 Å². The number of aromatic nitrogens is 4. The van der Waals surface area contributed by atoms with Crippen molar-refractivity contribution in [1.82, 2.24) is 19.8 Å². The van der Waals surface area contributed by atoms with E-state index >= 15 is 0 Å². The zero-order valence-electron chi connectivity index (χ0n) is 12.9. The van der Waals surface area contributed by atoms with Crippen LogP contribution < -0.4 is 0 Å². The van der Waals surface area contributed by atoms with Gasteiger partial charge in [0, 0.05) is 17.5 Å². The topological polar surface area (TPSA) is 86.2 Å². The van der Waals surface area contributed by atoms with E-state index in [4.69, 9.17) is 0 Å². The molecular formula is C15H15N5O2S. The monoisotopic (exact) mass is 329 g/mol. The van der Waals surface area contributed by atoms with E-state index in [1.165, 1.54) is 23.5 Å². The molecule has 0 bridgehead atoms. The van der Waals surface area contributed by atoms with Gasteiger partial charge in [-0.2, -0.15) is 9.61 Å². The normalized spacial score (nSPS) is 12.3. The maximum atomic E-state index is 10.6. The first kappa shape index (κ1) is 15.3. The molecule has 0 aliphatic carbocycles. The lowest BCUT2D eigenvalue weighted by molar-refractivity contribution is -0.384. The fraction of sp³-hybridized carbons (Fsp3) is 0.267. The third-order valence-electron chi connectivity index (χ3n) is 3.20. The van der Waals surface area contributed by atoms with Gasteiger partial charge in [-0.1, -0.05) is 38.2 Å². The SMILES string of the molecule is CC(C)(C)c1nnc2sc(/C=C/c3ccc([N+](=O)[O-])cc3)nn12. The molecule has 0 saturated heterocycles. The molecule has 2 heterocycles. The number of nitro benzene ring substituents is 1. The van der Waals surface area contributed by atoms with Gasteiger partial charge in [-0.05, 0) is 23.8 Å². The molecule has 0 aliphatic rings. The molecule has 0 amide bonds. The number of hydrogen-bond acceptors (Lipinski definition) is 6. The van der Waals surface area contributed by atoms with Crippen molar-refractivity contribution in [3.8, 4) is 0 Å². The van der Waals surface area contributed by atoms with Crippen molar-refractivity contribution in [2.24, 2.45) is 0 Å². The maximum absolute atomic E-state index is 10.6. The Morgan fingerprint density at radius 1 is 1.17 bits per heavy atom. The van der Waals surface area contributed by atoms with Gasteiger partial charge in [-0.3, -0.25) is 10.1 Å². The Balaban J connectivity index is 1.86. The molecule has 3 aromatic rings. The largest absolute Gasteiger partial charge is 0.269 e. The summed E-state index contributed by atoms with van der Waals surface area (Å²) in [4.78, 5) is 11.0. The van der Waals surface area contributed by atoms with E-state index in [0.29, 0.717) is 0 Å². The van der Waals surface area contributed by atoms with Crippen LogP contribution in [0.2, 0.25) is 0 Å². The average molecular weight is 329 g/mol. The highest BCUT2D eigenvalue weighted by molar-refractivity contribution is 7.17. The first-order chi connectivity index (χ1) is 10.8. The van der Waals surface area contributed by atoms with E-state index in [-0.39, 0.29) is 11.1 Å². The van der Waals surface area contributed by atoms with E-state index in [1.807, 2.05) is 12.2 Å². The van der Waals surface area contributed by atoms with Crippen molar-refractivity contribution in [3.63, 3.8) is 0 Å². The first-order valence-corrected chi connectivity index (χ1v) is 7.81. The Labute approximate surface area is 136 Å². The van der Waals surface area contributed by atoms with Gasteiger partial charge < -0.3 is 0 Å². The average Bonchev–Trinajstić information content (AvgIpc) is 3.04. The molecule has 23 heavy (non-hydrogen) atoms. The van der Waals surface area contributed by atoms with Crippen molar-refractivity contribution < 1.29 is 4.92 Å².